The summed E-state index contributed by atoms with van der Waals surface area (Å²) in [7, 11) is 0.338. The number of hydrogen-bond donors (Lipinski definition) is 0. The molecule has 0 bridgehead atoms. The van der Waals surface area contributed by atoms with Gasteiger partial charge in [0.1, 0.15) is 0 Å². The Hall–Kier alpha value is -1.10. The molecule has 0 radical (unpaired) electrons. The summed E-state index contributed by atoms with van der Waals surface area (Å²) in [6, 6.07) is 1.67. The minimum absolute atomic E-state index is 0.0147. The summed E-state index contributed by atoms with van der Waals surface area (Å²) in [5, 5.41) is 0. The number of benzene rings is 1. The summed E-state index contributed by atoms with van der Waals surface area (Å²) in [6.07, 6.45) is -8.87. The maximum Gasteiger partial charge on any atom is 0.416 e. The Morgan fingerprint density at radius 1 is 0.793 bits per heavy atom. The Balaban J connectivity index is 2.89. The van der Waals surface area contributed by atoms with Crippen molar-refractivity contribution in [1.82, 2.24) is 0 Å². The Bertz CT molecular complexity index is 602. The zero-order chi connectivity index (χ0) is 22.5. The third-order valence-corrected chi connectivity index (χ3v) is 4.61. The van der Waals surface area contributed by atoms with Crippen LogP contribution in [0.15, 0.2) is 18.2 Å². The first-order valence-corrected chi connectivity index (χ1v) is 10.2. The first-order valence-electron chi connectivity index (χ1n) is 9.37. The molecule has 1 aromatic rings. The van der Waals surface area contributed by atoms with Gasteiger partial charge in [0.15, 0.2) is 10.5 Å². The number of aryl methyl sites for hydroxylation is 1. The van der Waals surface area contributed by atoms with E-state index in [1.54, 1.807) is 0 Å². The average Bonchev–Trinajstić information content (AvgIpc) is 2.55. The van der Waals surface area contributed by atoms with Gasteiger partial charge in [-0.3, -0.25) is 0 Å². The van der Waals surface area contributed by atoms with Crippen LogP contribution in [0, 0.1) is 0 Å². The van der Waals surface area contributed by atoms with Crippen LogP contribution in [0.5, 0.6) is 0 Å². The summed E-state index contributed by atoms with van der Waals surface area (Å²) in [5.74, 6) is -1.25. The molecule has 0 amide bonds. The molecule has 0 heterocycles. The molecule has 0 atom stereocenters. The summed E-state index contributed by atoms with van der Waals surface area (Å²) < 4.78 is 94.8. The summed E-state index contributed by atoms with van der Waals surface area (Å²) in [4.78, 5) is 0. The highest BCUT2D eigenvalue weighted by molar-refractivity contribution is 5.98. The molecule has 0 aliphatic carbocycles. The molecule has 0 aliphatic heterocycles. The number of halogens is 6. The second kappa shape index (κ2) is 10.3. The normalized spacial score (nSPS) is 13.7. The van der Waals surface area contributed by atoms with E-state index in [1.807, 2.05) is 27.7 Å². The van der Waals surface area contributed by atoms with Crippen LogP contribution in [-0.2, 0) is 32.7 Å². The molecule has 0 aromatic heterocycles. The Morgan fingerprint density at radius 3 is 1.59 bits per heavy atom. The molecule has 1 rings (SSSR count). The molecule has 3 nitrogen and oxygen atoms in total. The van der Waals surface area contributed by atoms with Crippen LogP contribution in [0.2, 0.25) is 0 Å². The lowest BCUT2D eigenvalue weighted by Crippen LogP contribution is -2.42. The first-order chi connectivity index (χ1) is 13.2. The fourth-order valence-electron chi connectivity index (χ4n) is 2.90. The highest BCUT2D eigenvalue weighted by atomic mass is 28.2. The van der Waals surface area contributed by atoms with Gasteiger partial charge in [-0.05, 0) is 70.7 Å². The SMILES string of the molecule is CC(C)OC(CCCCc1cc(C(F)(F)F)cc(C(F)(F)F)c1)(O[SiH3])OC(C)C. The Kier molecular flexibility index (Phi) is 9.19. The third-order valence-electron chi connectivity index (χ3n) is 3.99. The predicted octanol–water partition coefficient (Wildman–Crippen LogP) is 5.24. The predicted molar refractivity (Wildman–Crippen MR) is 100 cm³/mol. The van der Waals surface area contributed by atoms with E-state index in [4.69, 9.17) is 13.9 Å². The maximum atomic E-state index is 13.0. The van der Waals surface area contributed by atoms with Crippen LogP contribution in [0.3, 0.4) is 0 Å². The molecule has 0 saturated carbocycles. The van der Waals surface area contributed by atoms with Gasteiger partial charge in [-0.1, -0.05) is 0 Å². The van der Waals surface area contributed by atoms with Gasteiger partial charge in [0.25, 0.3) is 5.97 Å². The van der Waals surface area contributed by atoms with Crippen molar-refractivity contribution < 1.29 is 40.2 Å². The number of rotatable bonds is 10. The largest absolute Gasteiger partial charge is 0.416 e. The fraction of sp³-hybridized carbons (Fsp3) is 0.684. The molecule has 0 aliphatic rings. The van der Waals surface area contributed by atoms with E-state index >= 15 is 0 Å². The molecular formula is C19H28F6O3Si. The lowest BCUT2D eigenvalue weighted by molar-refractivity contribution is -0.369. The van der Waals surface area contributed by atoms with Crippen LogP contribution in [-0.4, -0.2) is 28.7 Å². The van der Waals surface area contributed by atoms with E-state index in [1.165, 1.54) is 0 Å². The second-order valence-electron chi connectivity index (χ2n) is 7.34. The number of ether oxygens (including phenoxy) is 2. The van der Waals surface area contributed by atoms with Crippen molar-refractivity contribution >= 4 is 10.5 Å². The van der Waals surface area contributed by atoms with E-state index in [2.05, 4.69) is 0 Å². The van der Waals surface area contributed by atoms with Crippen molar-refractivity contribution in [3.05, 3.63) is 34.9 Å². The van der Waals surface area contributed by atoms with Crippen molar-refractivity contribution in [2.75, 3.05) is 0 Å². The Labute approximate surface area is 170 Å². The molecule has 29 heavy (non-hydrogen) atoms. The minimum atomic E-state index is -4.85. The minimum Gasteiger partial charge on any atom is -0.380 e. The molecule has 168 valence electrons. The van der Waals surface area contributed by atoms with Crippen LogP contribution >= 0.6 is 0 Å². The van der Waals surface area contributed by atoms with Gasteiger partial charge in [-0.2, -0.15) is 26.3 Å². The van der Waals surface area contributed by atoms with Crippen molar-refractivity contribution in [2.45, 2.75) is 83.9 Å². The smallest absolute Gasteiger partial charge is 0.380 e. The monoisotopic (exact) mass is 446 g/mol. The molecule has 1 aromatic carbocycles. The van der Waals surface area contributed by atoms with Crippen LogP contribution in [0.4, 0.5) is 26.3 Å². The Morgan fingerprint density at radius 2 is 1.24 bits per heavy atom. The first kappa shape index (κ1) is 25.9. The van der Waals surface area contributed by atoms with Crippen LogP contribution in [0.25, 0.3) is 0 Å². The molecule has 0 spiro atoms. The van der Waals surface area contributed by atoms with Gasteiger partial charge in [0.2, 0.25) is 0 Å². The van der Waals surface area contributed by atoms with Crippen molar-refractivity contribution in [3.8, 4) is 0 Å². The molecule has 0 saturated heterocycles. The molecule has 0 N–H and O–H groups in total. The van der Waals surface area contributed by atoms with Crippen molar-refractivity contribution in [3.63, 3.8) is 0 Å². The van der Waals surface area contributed by atoms with E-state index < -0.39 is 29.5 Å². The molecule has 0 unspecified atom stereocenters. The third kappa shape index (κ3) is 8.65. The topological polar surface area (TPSA) is 27.7 Å². The van der Waals surface area contributed by atoms with Gasteiger partial charge < -0.3 is 13.9 Å². The molecular weight excluding hydrogens is 418 g/mol. The van der Waals surface area contributed by atoms with Gasteiger partial charge >= 0.3 is 12.4 Å². The van der Waals surface area contributed by atoms with E-state index in [0.717, 1.165) is 12.1 Å². The van der Waals surface area contributed by atoms with Gasteiger partial charge in [0.05, 0.1) is 23.3 Å². The zero-order valence-corrected chi connectivity index (χ0v) is 19.2. The zero-order valence-electron chi connectivity index (χ0n) is 17.2. The van der Waals surface area contributed by atoms with Gasteiger partial charge in [0, 0.05) is 6.42 Å². The number of alkyl halides is 6. The number of unbranched alkanes of at least 4 members (excludes halogenated alkanes) is 1. The highest BCUT2D eigenvalue weighted by Crippen LogP contribution is 2.36. The summed E-state index contributed by atoms with van der Waals surface area (Å²) >= 11 is 0. The van der Waals surface area contributed by atoms with E-state index in [0.29, 0.717) is 29.7 Å². The van der Waals surface area contributed by atoms with Gasteiger partial charge in [-0.25, -0.2) is 0 Å². The van der Waals surface area contributed by atoms with Crippen LogP contribution < -0.4 is 0 Å². The lowest BCUT2D eigenvalue weighted by Gasteiger charge is -2.36. The average molecular weight is 447 g/mol. The second-order valence-corrected chi connectivity index (χ2v) is 7.75. The molecule has 10 heteroatoms. The quantitative estimate of drug-likeness (QED) is 0.213. The highest BCUT2D eigenvalue weighted by Gasteiger charge is 2.37. The van der Waals surface area contributed by atoms with E-state index in [-0.39, 0.29) is 30.3 Å². The van der Waals surface area contributed by atoms with Gasteiger partial charge in [-0.15, -0.1) is 0 Å². The number of hydrogen-bond acceptors (Lipinski definition) is 3. The maximum absolute atomic E-state index is 13.0. The molecule has 0 fully saturated rings. The van der Waals surface area contributed by atoms with Crippen LogP contribution in [0.1, 0.15) is 63.6 Å². The van der Waals surface area contributed by atoms with Crippen molar-refractivity contribution in [2.24, 2.45) is 0 Å². The lowest BCUT2D eigenvalue weighted by atomic mass is 10.00. The summed E-state index contributed by atoms with van der Waals surface area (Å²) in [5.41, 5.74) is -2.62. The summed E-state index contributed by atoms with van der Waals surface area (Å²) in [6.45, 7) is 7.28. The van der Waals surface area contributed by atoms with Crippen molar-refractivity contribution in [1.29, 1.82) is 0 Å². The fourth-order valence-corrected chi connectivity index (χ4v) is 3.29. The van der Waals surface area contributed by atoms with E-state index in [9.17, 15) is 26.3 Å². The standard InChI is InChI=1S/C19H28F6O3Si/c1-12(2)26-17(28-29,27-13(3)4)8-6-5-7-14-9-15(18(20,21)22)11-16(10-14)19(23,24)25/h9-13H,5-8H2,1-4,29H3.